The third-order valence-electron chi connectivity index (χ3n) is 8.67. The van der Waals surface area contributed by atoms with E-state index in [2.05, 4.69) is 49.6 Å². The zero-order valence-electron chi connectivity index (χ0n) is 16.0. The van der Waals surface area contributed by atoms with Gasteiger partial charge in [-0.25, -0.2) is 0 Å². The van der Waals surface area contributed by atoms with Gasteiger partial charge in [0.15, 0.2) is 0 Å². The summed E-state index contributed by atoms with van der Waals surface area (Å²) in [6.07, 6.45) is 5.89. The second kappa shape index (κ2) is 5.22. The van der Waals surface area contributed by atoms with Crippen molar-refractivity contribution in [1.82, 2.24) is 4.57 Å². The lowest BCUT2D eigenvalue weighted by Gasteiger charge is -2.57. The predicted molar refractivity (Wildman–Crippen MR) is 103 cm³/mol. The van der Waals surface area contributed by atoms with Crippen LogP contribution < -0.4 is 0 Å². The van der Waals surface area contributed by atoms with Gasteiger partial charge in [-0.05, 0) is 61.0 Å². The molecule has 26 heavy (non-hydrogen) atoms. The fourth-order valence-electron chi connectivity index (χ4n) is 7.21. The standard InChI is InChI=1S/C23H29NO2/c1-14(13-25)18-9-8-15-12-17-16-6-4-5-7-19(16)24-20(26)10-11-22(18,2)23(15,3)21(17)24/h4-7,13-15,18,20,26H,8-12H2,1-3H3/t14-,15?,18?,20+,22-,23?/m0/s1. The Morgan fingerprint density at radius 3 is 2.77 bits per heavy atom. The van der Waals surface area contributed by atoms with Gasteiger partial charge in [0.2, 0.25) is 0 Å². The number of para-hydroxylation sites is 1. The van der Waals surface area contributed by atoms with Crippen LogP contribution in [0.3, 0.4) is 0 Å². The molecule has 2 heterocycles. The summed E-state index contributed by atoms with van der Waals surface area (Å²) in [5.41, 5.74) is 4.09. The minimum Gasteiger partial charge on any atom is -0.373 e. The molecule has 1 aromatic carbocycles. The van der Waals surface area contributed by atoms with Crippen LogP contribution in [0.2, 0.25) is 0 Å². The first kappa shape index (κ1) is 16.6. The first-order valence-corrected chi connectivity index (χ1v) is 10.2. The smallest absolute Gasteiger partial charge is 0.131 e. The Morgan fingerprint density at radius 2 is 2.00 bits per heavy atom. The van der Waals surface area contributed by atoms with Gasteiger partial charge in [0.1, 0.15) is 12.5 Å². The van der Waals surface area contributed by atoms with E-state index in [9.17, 15) is 9.90 Å². The maximum absolute atomic E-state index is 11.7. The molecule has 138 valence electrons. The number of aldehydes is 1. The van der Waals surface area contributed by atoms with Crippen molar-refractivity contribution in [3.05, 3.63) is 35.5 Å². The van der Waals surface area contributed by atoms with Crippen LogP contribution >= 0.6 is 0 Å². The molecule has 3 heteroatoms. The molecule has 6 atom stereocenters. The zero-order chi connectivity index (χ0) is 18.3. The van der Waals surface area contributed by atoms with Crippen molar-refractivity contribution in [2.75, 3.05) is 0 Å². The number of carbonyl (C=O) groups is 1. The van der Waals surface area contributed by atoms with Crippen molar-refractivity contribution in [3.8, 4) is 0 Å². The van der Waals surface area contributed by atoms with E-state index in [1.165, 1.54) is 28.6 Å². The zero-order valence-corrected chi connectivity index (χ0v) is 16.0. The quantitative estimate of drug-likeness (QED) is 0.803. The van der Waals surface area contributed by atoms with Crippen LogP contribution in [0, 0.1) is 23.2 Å². The average Bonchev–Trinajstić information content (AvgIpc) is 3.10. The topological polar surface area (TPSA) is 42.2 Å². The van der Waals surface area contributed by atoms with Gasteiger partial charge in [-0.3, -0.25) is 0 Å². The van der Waals surface area contributed by atoms with E-state index in [1.807, 2.05) is 0 Å². The van der Waals surface area contributed by atoms with Crippen LogP contribution in [0.25, 0.3) is 10.9 Å². The Kier molecular flexibility index (Phi) is 3.32. The molecule has 1 aromatic heterocycles. The summed E-state index contributed by atoms with van der Waals surface area (Å²) >= 11 is 0. The number of carbonyl (C=O) groups excluding carboxylic acids is 1. The number of fused-ring (bicyclic) bond motifs is 3. The Labute approximate surface area is 155 Å². The second-order valence-corrected chi connectivity index (χ2v) is 9.43. The lowest BCUT2D eigenvalue weighted by atomic mass is 9.47. The Balaban J connectivity index is 1.83. The molecule has 2 aliphatic carbocycles. The third-order valence-corrected chi connectivity index (χ3v) is 8.67. The lowest BCUT2D eigenvalue weighted by molar-refractivity contribution is -0.118. The number of rotatable bonds is 2. The molecule has 1 fully saturated rings. The van der Waals surface area contributed by atoms with E-state index < -0.39 is 6.23 Å². The van der Waals surface area contributed by atoms with Crippen molar-refractivity contribution in [2.24, 2.45) is 23.2 Å². The van der Waals surface area contributed by atoms with Crippen LogP contribution in [0.4, 0.5) is 0 Å². The van der Waals surface area contributed by atoms with Crippen LogP contribution in [0.5, 0.6) is 0 Å². The van der Waals surface area contributed by atoms with Gasteiger partial charge in [-0.1, -0.05) is 39.0 Å². The average molecular weight is 351 g/mol. The molecule has 0 bridgehead atoms. The van der Waals surface area contributed by atoms with Gasteiger partial charge in [0, 0.05) is 22.4 Å². The normalized spacial score (nSPS) is 39.5. The lowest BCUT2D eigenvalue weighted by Crippen LogP contribution is -2.54. The summed E-state index contributed by atoms with van der Waals surface area (Å²) in [6.45, 7) is 6.96. The molecular formula is C23H29NO2. The largest absolute Gasteiger partial charge is 0.373 e. The SMILES string of the molecule is C[C@@H](C=O)C1CCC2Cc3c4n(c5ccccc35)[C@H](O)CC[C@]1(C)C42C. The predicted octanol–water partition coefficient (Wildman–Crippen LogP) is 4.61. The molecule has 5 rings (SSSR count). The van der Waals surface area contributed by atoms with E-state index >= 15 is 0 Å². The molecule has 0 amide bonds. The summed E-state index contributed by atoms with van der Waals surface area (Å²) in [5.74, 6) is 1.09. The number of benzene rings is 1. The van der Waals surface area contributed by atoms with E-state index in [0.29, 0.717) is 11.8 Å². The van der Waals surface area contributed by atoms with Gasteiger partial charge < -0.3 is 14.5 Å². The van der Waals surface area contributed by atoms with Crippen molar-refractivity contribution in [3.63, 3.8) is 0 Å². The number of nitrogens with zero attached hydrogens (tertiary/aromatic N) is 1. The third kappa shape index (κ3) is 1.71. The minimum atomic E-state index is -0.464. The molecule has 0 saturated heterocycles. The Bertz CT molecular complexity index is 899. The van der Waals surface area contributed by atoms with Gasteiger partial charge in [-0.15, -0.1) is 0 Å². The van der Waals surface area contributed by atoms with E-state index in [1.54, 1.807) is 0 Å². The van der Waals surface area contributed by atoms with Crippen LogP contribution in [-0.2, 0) is 16.6 Å². The molecule has 3 aliphatic rings. The molecule has 1 aliphatic heterocycles. The monoisotopic (exact) mass is 351 g/mol. The summed E-state index contributed by atoms with van der Waals surface area (Å²) in [5, 5.41) is 12.4. The second-order valence-electron chi connectivity index (χ2n) is 9.43. The van der Waals surface area contributed by atoms with Crippen LogP contribution in [0.1, 0.15) is 63.9 Å². The molecule has 3 unspecified atom stereocenters. The number of aliphatic hydroxyl groups excluding tert-OH is 1. The van der Waals surface area contributed by atoms with E-state index in [-0.39, 0.29) is 16.7 Å². The maximum atomic E-state index is 11.7. The first-order valence-electron chi connectivity index (χ1n) is 10.2. The molecule has 2 aromatic rings. The van der Waals surface area contributed by atoms with Gasteiger partial charge in [-0.2, -0.15) is 0 Å². The Morgan fingerprint density at radius 1 is 1.23 bits per heavy atom. The Hall–Kier alpha value is -1.61. The molecule has 0 radical (unpaired) electrons. The summed E-state index contributed by atoms with van der Waals surface area (Å²) in [6, 6.07) is 8.58. The van der Waals surface area contributed by atoms with E-state index in [4.69, 9.17) is 0 Å². The highest BCUT2D eigenvalue weighted by Crippen LogP contribution is 2.67. The van der Waals surface area contributed by atoms with Crippen LogP contribution in [-0.4, -0.2) is 16.0 Å². The van der Waals surface area contributed by atoms with E-state index in [0.717, 1.165) is 32.0 Å². The van der Waals surface area contributed by atoms with Crippen molar-refractivity contribution in [1.29, 1.82) is 0 Å². The van der Waals surface area contributed by atoms with Crippen molar-refractivity contribution >= 4 is 17.2 Å². The molecule has 3 nitrogen and oxygen atoms in total. The fraction of sp³-hybridized carbons (Fsp3) is 0.609. The van der Waals surface area contributed by atoms with Gasteiger partial charge in [0.05, 0.1) is 5.52 Å². The summed E-state index contributed by atoms with van der Waals surface area (Å²) < 4.78 is 2.25. The summed E-state index contributed by atoms with van der Waals surface area (Å²) in [7, 11) is 0. The molecule has 1 saturated carbocycles. The minimum absolute atomic E-state index is 0.0268. The maximum Gasteiger partial charge on any atom is 0.131 e. The highest BCUT2D eigenvalue weighted by molar-refractivity contribution is 5.87. The number of hydrogen-bond donors (Lipinski definition) is 1. The van der Waals surface area contributed by atoms with Crippen LogP contribution in [0.15, 0.2) is 24.3 Å². The van der Waals surface area contributed by atoms with Gasteiger partial charge in [0.25, 0.3) is 0 Å². The molecule has 0 spiro atoms. The molecule has 1 N–H and O–H groups in total. The fourth-order valence-corrected chi connectivity index (χ4v) is 7.21. The number of aliphatic hydroxyl groups is 1. The summed E-state index contributed by atoms with van der Waals surface area (Å²) in [4.78, 5) is 11.7. The first-order chi connectivity index (χ1) is 12.4. The highest BCUT2D eigenvalue weighted by Gasteiger charge is 2.63. The van der Waals surface area contributed by atoms with Crippen molar-refractivity contribution < 1.29 is 9.90 Å². The van der Waals surface area contributed by atoms with Crippen molar-refractivity contribution in [2.45, 2.75) is 64.5 Å². The molecular weight excluding hydrogens is 322 g/mol. The highest BCUT2D eigenvalue weighted by atomic mass is 16.3. The number of hydrogen-bond acceptors (Lipinski definition) is 2. The van der Waals surface area contributed by atoms with Gasteiger partial charge >= 0.3 is 0 Å². The number of aromatic nitrogens is 1.